The van der Waals surface area contributed by atoms with Crippen molar-refractivity contribution in [2.24, 2.45) is 0 Å². The molecule has 0 aliphatic carbocycles. The van der Waals surface area contributed by atoms with E-state index in [0.717, 1.165) is 15.6 Å². The fourth-order valence-corrected chi connectivity index (χ4v) is 2.82. The minimum atomic E-state index is -3.53. The van der Waals surface area contributed by atoms with Gasteiger partial charge in [0, 0.05) is 24.8 Å². The first-order chi connectivity index (χ1) is 9.80. The highest BCUT2D eigenvalue weighted by Gasteiger charge is 2.21. The molecule has 0 atom stereocenters. The zero-order valence-electron chi connectivity index (χ0n) is 12.1. The van der Waals surface area contributed by atoms with Gasteiger partial charge in [-0.2, -0.15) is 0 Å². The molecule has 0 bridgehead atoms. The zero-order valence-corrected chi connectivity index (χ0v) is 13.6. The van der Waals surface area contributed by atoms with Gasteiger partial charge in [-0.3, -0.25) is 0 Å². The van der Waals surface area contributed by atoms with Crippen molar-refractivity contribution in [2.45, 2.75) is 18.6 Å². The summed E-state index contributed by atoms with van der Waals surface area (Å²) >= 11 is 5.90. The van der Waals surface area contributed by atoms with Gasteiger partial charge < -0.3 is 9.73 Å². The Morgan fingerprint density at radius 1 is 1.24 bits per heavy atom. The standard InChI is InChI=1S/C14H17ClN2O3S/c1-10-8-11(15)4-6-13(10)16-9-12-5-7-14(20-12)21(18,19)17(2)3/h4-8,16H,9H2,1-3H3. The molecule has 1 heterocycles. The van der Waals surface area contributed by atoms with Gasteiger partial charge in [-0.1, -0.05) is 11.6 Å². The summed E-state index contributed by atoms with van der Waals surface area (Å²) in [6.45, 7) is 2.34. The molecular weight excluding hydrogens is 312 g/mol. The van der Waals surface area contributed by atoms with Gasteiger partial charge in [0.25, 0.3) is 10.0 Å². The van der Waals surface area contributed by atoms with Crippen LogP contribution in [0.3, 0.4) is 0 Å². The number of rotatable bonds is 5. The Morgan fingerprint density at radius 3 is 2.57 bits per heavy atom. The summed E-state index contributed by atoms with van der Waals surface area (Å²) in [5.74, 6) is 0.546. The fourth-order valence-electron chi connectivity index (χ4n) is 1.78. The topological polar surface area (TPSA) is 62.6 Å². The molecule has 0 amide bonds. The quantitative estimate of drug-likeness (QED) is 0.916. The van der Waals surface area contributed by atoms with Crippen molar-refractivity contribution in [3.05, 3.63) is 46.7 Å². The fraction of sp³-hybridized carbons (Fsp3) is 0.286. The molecule has 0 saturated carbocycles. The molecule has 1 aromatic heterocycles. The predicted molar refractivity (Wildman–Crippen MR) is 83.1 cm³/mol. The van der Waals surface area contributed by atoms with E-state index < -0.39 is 10.0 Å². The zero-order chi connectivity index (χ0) is 15.6. The van der Waals surface area contributed by atoms with Crippen molar-refractivity contribution in [1.82, 2.24) is 4.31 Å². The van der Waals surface area contributed by atoms with Crippen molar-refractivity contribution in [3.8, 4) is 0 Å². The Balaban J connectivity index is 2.10. The molecule has 0 spiro atoms. The normalized spacial score (nSPS) is 11.9. The number of furan rings is 1. The van der Waals surface area contributed by atoms with Crippen LogP contribution in [0.4, 0.5) is 5.69 Å². The van der Waals surface area contributed by atoms with Crippen LogP contribution < -0.4 is 5.32 Å². The van der Waals surface area contributed by atoms with E-state index in [1.165, 1.54) is 20.2 Å². The van der Waals surface area contributed by atoms with Crippen molar-refractivity contribution in [3.63, 3.8) is 0 Å². The molecule has 7 heteroatoms. The highest BCUT2D eigenvalue weighted by molar-refractivity contribution is 7.88. The molecule has 0 radical (unpaired) electrons. The number of nitrogens with one attached hydrogen (secondary N) is 1. The number of nitrogens with zero attached hydrogens (tertiary/aromatic N) is 1. The first kappa shape index (κ1) is 15.9. The van der Waals surface area contributed by atoms with E-state index in [0.29, 0.717) is 17.3 Å². The highest BCUT2D eigenvalue weighted by Crippen LogP contribution is 2.21. The molecule has 1 N–H and O–H groups in total. The minimum absolute atomic E-state index is 0.0582. The largest absolute Gasteiger partial charge is 0.446 e. The summed E-state index contributed by atoms with van der Waals surface area (Å²) in [6, 6.07) is 8.63. The second-order valence-corrected chi connectivity index (χ2v) is 7.34. The summed E-state index contributed by atoms with van der Waals surface area (Å²) in [6.07, 6.45) is 0. The Bertz CT molecular complexity index is 738. The minimum Gasteiger partial charge on any atom is -0.446 e. The third-order valence-corrected chi connectivity index (χ3v) is 4.94. The first-order valence-electron chi connectivity index (χ1n) is 6.32. The molecule has 1 aromatic carbocycles. The molecule has 0 fully saturated rings. The molecule has 114 valence electrons. The Hall–Kier alpha value is -1.50. The van der Waals surface area contributed by atoms with Crippen LogP contribution in [0.5, 0.6) is 0 Å². The van der Waals surface area contributed by atoms with Crippen LogP contribution >= 0.6 is 11.6 Å². The smallest absolute Gasteiger partial charge is 0.275 e. The van der Waals surface area contributed by atoms with Gasteiger partial charge in [-0.25, -0.2) is 12.7 Å². The number of aryl methyl sites for hydroxylation is 1. The number of halogens is 1. The van der Waals surface area contributed by atoms with Crippen LogP contribution in [0.15, 0.2) is 39.8 Å². The Morgan fingerprint density at radius 2 is 1.95 bits per heavy atom. The lowest BCUT2D eigenvalue weighted by atomic mass is 10.2. The van der Waals surface area contributed by atoms with Gasteiger partial charge in [-0.05, 0) is 42.8 Å². The lowest BCUT2D eigenvalue weighted by Crippen LogP contribution is -2.21. The SMILES string of the molecule is Cc1cc(Cl)ccc1NCc1ccc(S(=O)(=O)N(C)C)o1. The van der Waals surface area contributed by atoms with Crippen molar-refractivity contribution in [1.29, 1.82) is 0 Å². The lowest BCUT2D eigenvalue weighted by molar-refractivity contribution is 0.402. The maximum Gasteiger partial charge on any atom is 0.275 e. The summed E-state index contributed by atoms with van der Waals surface area (Å²) < 4.78 is 30.3. The Kier molecular flexibility index (Phi) is 4.61. The van der Waals surface area contributed by atoms with E-state index in [4.69, 9.17) is 16.0 Å². The maximum absolute atomic E-state index is 11.9. The van der Waals surface area contributed by atoms with Gasteiger partial charge in [0.15, 0.2) is 0 Å². The van der Waals surface area contributed by atoms with E-state index in [-0.39, 0.29) is 5.09 Å². The summed E-state index contributed by atoms with van der Waals surface area (Å²) in [5.41, 5.74) is 1.93. The monoisotopic (exact) mass is 328 g/mol. The number of sulfonamides is 1. The number of benzene rings is 1. The lowest BCUT2D eigenvalue weighted by Gasteiger charge is -2.09. The first-order valence-corrected chi connectivity index (χ1v) is 8.14. The molecule has 2 aromatic rings. The summed E-state index contributed by atoms with van der Waals surface area (Å²) in [5, 5.41) is 3.81. The third kappa shape index (κ3) is 3.58. The van der Waals surface area contributed by atoms with Crippen LogP contribution in [0.1, 0.15) is 11.3 Å². The van der Waals surface area contributed by atoms with Gasteiger partial charge in [0.05, 0.1) is 6.54 Å². The van der Waals surface area contributed by atoms with Crippen LogP contribution in [0.2, 0.25) is 5.02 Å². The number of anilines is 1. The third-order valence-electron chi connectivity index (χ3n) is 3.01. The highest BCUT2D eigenvalue weighted by atomic mass is 35.5. The van der Waals surface area contributed by atoms with Gasteiger partial charge >= 0.3 is 0 Å². The van der Waals surface area contributed by atoms with Crippen LogP contribution in [-0.4, -0.2) is 26.8 Å². The molecule has 0 aliphatic rings. The summed E-state index contributed by atoms with van der Waals surface area (Å²) in [7, 11) is -0.601. The van der Waals surface area contributed by atoms with Gasteiger partial charge in [-0.15, -0.1) is 0 Å². The van der Waals surface area contributed by atoms with Crippen molar-refractivity contribution < 1.29 is 12.8 Å². The number of hydrogen-bond donors (Lipinski definition) is 1. The molecule has 5 nitrogen and oxygen atoms in total. The van der Waals surface area contributed by atoms with Crippen LogP contribution in [0, 0.1) is 6.92 Å². The molecule has 0 unspecified atom stereocenters. The van der Waals surface area contributed by atoms with Crippen LogP contribution in [-0.2, 0) is 16.6 Å². The molecule has 0 aliphatic heterocycles. The molecule has 2 rings (SSSR count). The number of hydrogen-bond acceptors (Lipinski definition) is 4. The van der Waals surface area contributed by atoms with E-state index in [1.54, 1.807) is 12.1 Å². The maximum atomic E-state index is 11.9. The van der Waals surface area contributed by atoms with Crippen LogP contribution in [0.25, 0.3) is 0 Å². The van der Waals surface area contributed by atoms with E-state index in [2.05, 4.69) is 5.32 Å². The predicted octanol–water partition coefficient (Wildman–Crippen LogP) is 3.10. The molecule has 0 saturated heterocycles. The van der Waals surface area contributed by atoms with Gasteiger partial charge in [0.1, 0.15) is 5.76 Å². The van der Waals surface area contributed by atoms with Crippen molar-refractivity contribution >= 4 is 27.3 Å². The second-order valence-electron chi connectivity index (χ2n) is 4.82. The van der Waals surface area contributed by atoms with Crippen molar-refractivity contribution in [2.75, 3.05) is 19.4 Å². The molecule has 21 heavy (non-hydrogen) atoms. The summed E-state index contributed by atoms with van der Waals surface area (Å²) in [4.78, 5) is 0. The Labute approximate surface area is 129 Å². The average Bonchev–Trinajstić information content (AvgIpc) is 2.87. The second kappa shape index (κ2) is 6.09. The van der Waals surface area contributed by atoms with E-state index in [1.807, 2.05) is 19.1 Å². The van der Waals surface area contributed by atoms with E-state index in [9.17, 15) is 8.42 Å². The van der Waals surface area contributed by atoms with Gasteiger partial charge in [0.2, 0.25) is 5.09 Å². The average molecular weight is 329 g/mol. The molecular formula is C14H17ClN2O3S. The van der Waals surface area contributed by atoms with E-state index >= 15 is 0 Å².